The molecule has 2 saturated carbocycles. The molecule has 32 heavy (non-hydrogen) atoms. The molecule has 1 saturated heterocycles. The normalized spacial score (nSPS) is 26.1. The van der Waals surface area contributed by atoms with Crippen molar-refractivity contribution in [1.82, 2.24) is 14.7 Å². The molecule has 0 spiro atoms. The first-order valence-electron chi connectivity index (χ1n) is 12.0. The third-order valence-electron chi connectivity index (χ3n) is 7.67. The van der Waals surface area contributed by atoms with Crippen molar-refractivity contribution >= 4 is 23.2 Å². The van der Waals surface area contributed by atoms with Crippen LogP contribution in [0.15, 0.2) is 36.5 Å². The second kappa shape index (κ2) is 9.13. The van der Waals surface area contributed by atoms with Crippen molar-refractivity contribution < 1.29 is 4.74 Å². The van der Waals surface area contributed by atoms with Gasteiger partial charge in [-0.3, -0.25) is 4.90 Å². The smallest absolute Gasteiger partial charge is 0.102 e. The molecule has 3 fully saturated rings. The predicted molar refractivity (Wildman–Crippen MR) is 131 cm³/mol. The molecule has 4 atom stereocenters. The predicted octanol–water partition coefficient (Wildman–Crippen LogP) is 6.78. The molecule has 2 aliphatic carbocycles. The van der Waals surface area contributed by atoms with E-state index in [1.807, 2.05) is 29.1 Å². The topological polar surface area (TPSA) is 30.3 Å². The number of rotatable bonds is 9. The standard InChI is InChI=1S/C26H33Cl2N3O/c1-4-16(2)10-17(3)30-14-19-11-20(30)12-25(19)32-15-24-21(18-8-9-18)13-29-31(24)26-22(27)6-5-7-23(26)28/h5-7,13,17-20,25H,2,4,8-12,14-15H2,1,3H3/t17?,19-,20-,25+/m0/s1. The van der Waals surface area contributed by atoms with Crippen LogP contribution in [-0.2, 0) is 11.3 Å². The average Bonchev–Trinajstić information content (AvgIpc) is 3.23. The van der Waals surface area contributed by atoms with Crippen molar-refractivity contribution in [3.05, 3.63) is 57.9 Å². The SMILES string of the molecule is C=C(CC)CC(C)N1C[C@@H]2C[C@H]1C[C@H]2OCc1c(C2CC2)cnn1-c1c(Cl)cccc1Cl. The number of nitrogens with zero attached hydrogens (tertiary/aromatic N) is 3. The lowest BCUT2D eigenvalue weighted by molar-refractivity contribution is -0.0185. The molecule has 4 nitrogen and oxygen atoms in total. The number of fused-ring (bicyclic) bond motifs is 2. The largest absolute Gasteiger partial charge is 0.372 e. The molecule has 1 aromatic carbocycles. The van der Waals surface area contributed by atoms with E-state index in [2.05, 4.69) is 30.4 Å². The zero-order valence-corrected chi connectivity index (χ0v) is 20.6. The van der Waals surface area contributed by atoms with Gasteiger partial charge in [0, 0.05) is 18.6 Å². The first-order chi connectivity index (χ1) is 15.5. The van der Waals surface area contributed by atoms with E-state index in [4.69, 9.17) is 27.9 Å². The number of halogens is 2. The molecule has 2 heterocycles. The quantitative estimate of drug-likeness (QED) is 0.375. The van der Waals surface area contributed by atoms with E-state index in [0.717, 1.165) is 37.2 Å². The van der Waals surface area contributed by atoms with E-state index in [1.165, 1.54) is 30.4 Å². The number of benzene rings is 1. The number of hydrogen-bond acceptors (Lipinski definition) is 3. The third kappa shape index (κ3) is 4.27. The van der Waals surface area contributed by atoms with Crippen LogP contribution in [0.5, 0.6) is 0 Å². The molecule has 0 radical (unpaired) electrons. The van der Waals surface area contributed by atoms with Crippen LogP contribution in [-0.4, -0.2) is 39.4 Å². The maximum Gasteiger partial charge on any atom is 0.102 e. The Morgan fingerprint density at radius 1 is 1.25 bits per heavy atom. The van der Waals surface area contributed by atoms with Gasteiger partial charge in [-0.1, -0.05) is 48.3 Å². The second-order valence-electron chi connectivity index (χ2n) is 9.89. The Labute approximate surface area is 201 Å². The van der Waals surface area contributed by atoms with Gasteiger partial charge in [0.15, 0.2) is 0 Å². The number of hydrogen-bond donors (Lipinski definition) is 0. The molecule has 2 aromatic rings. The molecule has 172 valence electrons. The zero-order chi connectivity index (χ0) is 22.4. The Kier molecular flexibility index (Phi) is 6.41. The van der Waals surface area contributed by atoms with Gasteiger partial charge in [-0.15, -0.1) is 0 Å². The van der Waals surface area contributed by atoms with Crippen LogP contribution in [0.25, 0.3) is 5.69 Å². The number of para-hydroxylation sites is 1. The van der Waals surface area contributed by atoms with Gasteiger partial charge in [-0.2, -0.15) is 5.10 Å². The molecule has 0 amide bonds. The van der Waals surface area contributed by atoms with Crippen LogP contribution in [0.2, 0.25) is 10.0 Å². The van der Waals surface area contributed by atoms with Crippen LogP contribution in [0.1, 0.15) is 69.5 Å². The van der Waals surface area contributed by atoms with Gasteiger partial charge in [0.05, 0.1) is 34.6 Å². The number of likely N-dealkylation sites (tertiary alicyclic amines) is 1. The lowest BCUT2D eigenvalue weighted by Crippen LogP contribution is -2.43. The van der Waals surface area contributed by atoms with Gasteiger partial charge in [0.25, 0.3) is 0 Å². The highest BCUT2D eigenvalue weighted by Crippen LogP contribution is 2.45. The molecule has 1 aliphatic heterocycles. The summed E-state index contributed by atoms with van der Waals surface area (Å²) in [4.78, 5) is 2.69. The van der Waals surface area contributed by atoms with Crippen LogP contribution in [0.4, 0.5) is 0 Å². The van der Waals surface area contributed by atoms with Gasteiger partial charge in [0.2, 0.25) is 0 Å². The Bertz CT molecular complexity index is 979. The van der Waals surface area contributed by atoms with Crippen molar-refractivity contribution in [2.24, 2.45) is 5.92 Å². The first kappa shape index (κ1) is 22.5. The van der Waals surface area contributed by atoms with E-state index in [-0.39, 0.29) is 0 Å². The van der Waals surface area contributed by atoms with Gasteiger partial charge in [-0.25, -0.2) is 4.68 Å². The summed E-state index contributed by atoms with van der Waals surface area (Å²) in [5.74, 6) is 1.20. The number of ether oxygens (including phenoxy) is 1. The molecule has 0 N–H and O–H groups in total. The lowest BCUT2D eigenvalue weighted by atomic mass is 10.0. The van der Waals surface area contributed by atoms with Crippen molar-refractivity contribution in [2.45, 2.75) is 83.1 Å². The molecular weight excluding hydrogens is 441 g/mol. The van der Waals surface area contributed by atoms with Crippen LogP contribution in [0, 0.1) is 5.92 Å². The average molecular weight is 474 g/mol. The number of aromatic nitrogens is 2. The summed E-state index contributed by atoms with van der Waals surface area (Å²) in [6.45, 7) is 10.5. The third-order valence-corrected chi connectivity index (χ3v) is 8.28. The van der Waals surface area contributed by atoms with Crippen LogP contribution < -0.4 is 0 Å². The van der Waals surface area contributed by atoms with Crippen LogP contribution in [0.3, 0.4) is 0 Å². The van der Waals surface area contributed by atoms with Crippen molar-refractivity contribution in [3.63, 3.8) is 0 Å². The minimum atomic E-state index is 0.315. The maximum absolute atomic E-state index is 6.58. The molecular formula is C26H33Cl2N3O. The second-order valence-corrected chi connectivity index (χ2v) is 10.7. The fraction of sp³-hybridized carbons (Fsp3) is 0.577. The first-order valence-corrected chi connectivity index (χ1v) is 12.8. The van der Waals surface area contributed by atoms with Gasteiger partial charge >= 0.3 is 0 Å². The monoisotopic (exact) mass is 473 g/mol. The molecule has 1 aromatic heterocycles. The Morgan fingerprint density at radius 2 is 2.00 bits per heavy atom. The highest BCUT2D eigenvalue weighted by atomic mass is 35.5. The van der Waals surface area contributed by atoms with Gasteiger partial charge in [0.1, 0.15) is 5.69 Å². The van der Waals surface area contributed by atoms with Crippen molar-refractivity contribution in [1.29, 1.82) is 0 Å². The summed E-state index contributed by atoms with van der Waals surface area (Å²) < 4.78 is 8.49. The lowest BCUT2D eigenvalue weighted by Gasteiger charge is -2.36. The van der Waals surface area contributed by atoms with Crippen molar-refractivity contribution in [3.8, 4) is 5.69 Å². The zero-order valence-electron chi connectivity index (χ0n) is 19.1. The number of piperidine rings is 1. The summed E-state index contributed by atoms with van der Waals surface area (Å²) >= 11 is 13.0. The maximum atomic E-state index is 6.58. The molecule has 6 heteroatoms. The Balaban J connectivity index is 1.29. The van der Waals surface area contributed by atoms with E-state index in [0.29, 0.717) is 46.7 Å². The minimum Gasteiger partial charge on any atom is -0.372 e. The molecule has 5 rings (SSSR count). The van der Waals surface area contributed by atoms with Crippen molar-refractivity contribution in [2.75, 3.05) is 6.54 Å². The summed E-state index contributed by atoms with van der Waals surface area (Å²) in [6.07, 6.45) is 9.29. The summed E-state index contributed by atoms with van der Waals surface area (Å²) in [5.41, 5.74) is 4.50. The van der Waals surface area contributed by atoms with Gasteiger partial charge < -0.3 is 4.74 Å². The van der Waals surface area contributed by atoms with E-state index in [1.54, 1.807) is 0 Å². The molecule has 1 unspecified atom stereocenters. The fourth-order valence-electron chi connectivity index (χ4n) is 5.70. The Morgan fingerprint density at radius 3 is 2.62 bits per heavy atom. The summed E-state index contributed by atoms with van der Waals surface area (Å²) in [5, 5.41) is 5.91. The summed E-state index contributed by atoms with van der Waals surface area (Å²) in [6, 6.07) is 6.81. The van der Waals surface area contributed by atoms with E-state index in [9.17, 15) is 0 Å². The fourth-order valence-corrected chi connectivity index (χ4v) is 6.26. The van der Waals surface area contributed by atoms with Crippen LogP contribution >= 0.6 is 23.2 Å². The van der Waals surface area contributed by atoms with E-state index >= 15 is 0 Å². The Hall–Kier alpha value is -1.33. The highest BCUT2D eigenvalue weighted by Gasteiger charge is 2.46. The van der Waals surface area contributed by atoms with E-state index < -0.39 is 0 Å². The highest BCUT2D eigenvalue weighted by molar-refractivity contribution is 6.37. The van der Waals surface area contributed by atoms with Gasteiger partial charge in [-0.05, 0) is 75.0 Å². The summed E-state index contributed by atoms with van der Waals surface area (Å²) in [7, 11) is 0. The molecule has 2 bridgehead atoms. The molecule has 3 aliphatic rings. The minimum absolute atomic E-state index is 0.315.